The van der Waals surface area contributed by atoms with Crippen LogP contribution in [0.25, 0.3) is 0 Å². The first-order valence-electron chi connectivity index (χ1n) is 9.23. The fourth-order valence-electron chi connectivity index (χ4n) is 2.71. The Morgan fingerprint density at radius 2 is 1.79 bits per heavy atom. The van der Waals surface area contributed by atoms with Gasteiger partial charge >= 0.3 is 5.97 Å². The molecule has 0 saturated carbocycles. The fourth-order valence-corrected chi connectivity index (χ4v) is 2.71. The molecule has 1 aliphatic rings. The maximum atomic E-state index is 12.4. The van der Waals surface area contributed by atoms with E-state index >= 15 is 0 Å². The van der Waals surface area contributed by atoms with E-state index in [0.717, 1.165) is 12.0 Å². The van der Waals surface area contributed by atoms with Crippen LogP contribution in [0.5, 0.6) is 17.2 Å². The van der Waals surface area contributed by atoms with Gasteiger partial charge in [0.2, 0.25) is 0 Å². The van der Waals surface area contributed by atoms with Crippen molar-refractivity contribution in [1.29, 1.82) is 0 Å². The summed E-state index contributed by atoms with van der Waals surface area (Å²) in [4.78, 5) is 22.9. The second-order valence-electron chi connectivity index (χ2n) is 6.38. The van der Waals surface area contributed by atoms with Gasteiger partial charge in [-0.15, -0.1) is 0 Å². The first-order valence-corrected chi connectivity index (χ1v) is 9.23. The number of aliphatic carboxylic acids is 1. The van der Waals surface area contributed by atoms with Gasteiger partial charge in [0.15, 0.2) is 11.5 Å². The van der Waals surface area contributed by atoms with E-state index in [-0.39, 0.29) is 12.3 Å². The van der Waals surface area contributed by atoms with E-state index in [9.17, 15) is 9.59 Å². The van der Waals surface area contributed by atoms with Crippen LogP contribution in [0.2, 0.25) is 0 Å². The van der Waals surface area contributed by atoms with Crippen molar-refractivity contribution >= 4 is 11.9 Å². The van der Waals surface area contributed by atoms with Crippen LogP contribution in [0.4, 0.5) is 0 Å². The number of carbonyl (C=O) groups excluding carboxylic acids is 1. The Bertz CT molecular complexity index is 818. The molecule has 0 aromatic heterocycles. The van der Waals surface area contributed by atoms with Gasteiger partial charge in [-0.1, -0.05) is 12.1 Å². The number of carbonyl (C=O) groups is 2. The van der Waals surface area contributed by atoms with Crippen LogP contribution in [0.3, 0.4) is 0 Å². The minimum Gasteiger partial charge on any atom is -0.494 e. The molecule has 0 aliphatic carbocycles. The molecule has 0 fully saturated rings. The third kappa shape index (κ3) is 5.64. The molecule has 3 rings (SSSR count). The number of rotatable bonds is 8. The summed E-state index contributed by atoms with van der Waals surface area (Å²) in [5, 5.41) is 11.5. The third-order valence-electron chi connectivity index (χ3n) is 4.19. The monoisotopic (exact) mass is 385 g/mol. The SMILES string of the molecule is O=C(O)CCCOc1ccc(CNC(=O)c2ccc3c(c2)OCCCO3)cc1. The zero-order chi connectivity index (χ0) is 19.8. The molecule has 7 nitrogen and oxygen atoms in total. The molecule has 0 saturated heterocycles. The second kappa shape index (κ2) is 9.64. The lowest BCUT2D eigenvalue weighted by molar-refractivity contribution is -0.137. The quantitative estimate of drug-likeness (QED) is 0.679. The Labute approximate surface area is 163 Å². The molecule has 1 amide bonds. The number of hydrogen-bond acceptors (Lipinski definition) is 5. The lowest BCUT2D eigenvalue weighted by atomic mass is 10.1. The summed E-state index contributed by atoms with van der Waals surface area (Å²) in [5.74, 6) is 0.902. The molecule has 1 heterocycles. The molecule has 0 bridgehead atoms. The average molecular weight is 385 g/mol. The van der Waals surface area contributed by atoms with Gasteiger partial charge in [0, 0.05) is 24.9 Å². The van der Waals surface area contributed by atoms with Crippen LogP contribution in [0.1, 0.15) is 35.2 Å². The Morgan fingerprint density at radius 1 is 1.04 bits per heavy atom. The van der Waals surface area contributed by atoms with E-state index in [1.54, 1.807) is 30.3 Å². The highest BCUT2D eigenvalue weighted by atomic mass is 16.5. The number of ether oxygens (including phenoxy) is 3. The van der Waals surface area contributed by atoms with Crippen molar-refractivity contribution in [2.75, 3.05) is 19.8 Å². The van der Waals surface area contributed by atoms with Gasteiger partial charge in [-0.3, -0.25) is 9.59 Å². The predicted octanol–water partition coefficient (Wildman–Crippen LogP) is 3.02. The molecule has 0 unspecified atom stereocenters. The van der Waals surface area contributed by atoms with Crippen LogP contribution < -0.4 is 19.5 Å². The average Bonchev–Trinajstić information content (AvgIpc) is 2.95. The smallest absolute Gasteiger partial charge is 0.303 e. The molecule has 7 heteroatoms. The maximum absolute atomic E-state index is 12.4. The van der Waals surface area contributed by atoms with Crippen molar-refractivity contribution < 1.29 is 28.9 Å². The molecule has 0 spiro atoms. The van der Waals surface area contributed by atoms with Gasteiger partial charge in [0.1, 0.15) is 5.75 Å². The molecule has 2 aromatic rings. The molecule has 1 aliphatic heterocycles. The van der Waals surface area contributed by atoms with Crippen molar-refractivity contribution in [2.45, 2.75) is 25.8 Å². The van der Waals surface area contributed by atoms with E-state index in [2.05, 4.69) is 5.32 Å². The normalized spacial score (nSPS) is 12.7. The van der Waals surface area contributed by atoms with Crippen molar-refractivity contribution in [3.63, 3.8) is 0 Å². The number of amides is 1. The largest absolute Gasteiger partial charge is 0.494 e. The van der Waals surface area contributed by atoms with Crippen molar-refractivity contribution in [3.8, 4) is 17.2 Å². The van der Waals surface area contributed by atoms with Gasteiger partial charge in [-0.05, 0) is 42.3 Å². The second-order valence-corrected chi connectivity index (χ2v) is 6.38. The minimum atomic E-state index is -0.830. The van der Waals surface area contributed by atoms with Gasteiger partial charge in [0.25, 0.3) is 5.91 Å². The van der Waals surface area contributed by atoms with Crippen LogP contribution in [0, 0.1) is 0 Å². The van der Waals surface area contributed by atoms with Crippen LogP contribution in [-0.2, 0) is 11.3 Å². The zero-order valence-corrected chi connectivity index (χ0v) is 15.5. The van der Waals surface area contributed by atoms with Crippen molar-refractivity contribution in [3.05, 3.63) is 53.6 Å². The predicted molar refractivity (Wildman–Crippen MR) is 102 cm³/mol. The highest BCUT2D eigenvalue weighted by molar-refractivity contribution is 5.94. The van der Waals surface area contributed by atoms with E-state index in [1.807, 2.05) is 12.1 Å². The number of carboxylic acids is 1. The summed E-state index contributed by atoms with van der Waals surface area (Å²) >= 11 is 0. The number of nitrogens with one attached hydrogen (secondary N) is 1. The van der Waals surface area contributed by atoms with Gasteiger partial charge in [-0.2, -0.15) is 0 Å². The first-order chi connectivity index (χ1) is 13.6. The van der Waals surface area contributed by atoms with E-state index < -0.39 is 5.97 Å². The summed E-state index contributed by atoms with van der Waals surface area (Å²) in [7, 11) is 0. The topological polar surface area (TPSA) is 94.1 Å². The number of fused-ring (bicyclic) bond motifs is 1. The number of benzene rings is 2. The van der Waals surface area contributed by atoms with Gasteiger partial charge in [0.05, 0.1) is 19.8 Å². The molecule has 28 heavy (non-hydrogen) atoms. The minimum absolute atomic E-state index is 0.0873. The number of hydrogen-bond donors (Lipinski definition) is 2. The summed E-state index contributed by atoms with van der Waals surface area (Å²) in [6.45, 7) is 1.92. The van der Waals surface area contributed by atoms with Gasteiger partial charge < -0.3 is 24.6 Å². The summed E-state index contributed by atoms with van der Waals surface area (Å²) in [6, 6.07) is 12.5. The van der Waals surface area contributed by atoms with E-state index in [4.69, 9.17) is 19.3 Å². The van der Waals surface area contributed by atoms with Crippen LogP contribution in [0.15, 0.2) is 42.5 Å². The summed E-state index contributed by atoms with van der Waals surface area (Å²) < 4.78 is 16.7. The molecular formula is C21H23NO6. The van der Waals surface area contributed by atoms with E-state index in [1.165, 1.54) is 0 Å². The molecule has 2 aromatic carbocycles. The molecule has 148 valence electrons. The highest BCUT2D eigenvalue weighted by Gasteiger charge is 2.14. The zero-order valence-electron chi connectivity index (χ0n) is 15.5. The fraction of sp³-hybridized carbons (Fsp3) is 0.333. The third-order valence-corrected chi connectivity index (χ3v) is 4.19. The first kappa shape index (κ1) is 19.5. The van der Waals surface area contributed by atoms with Crippen LogP contribution in [-0.4, -0.2) is 36.8 Å². The van der Waals surface area contributed by atoms with Crippen molar-refractivity contribution in [2.24, 2.45) is 0 Å². The highest BCUT2D eigenvalue weighted by Crippen LogP contribution is 2.30. The van der Waals surface area contributed by atoms with Crippen LogP contribution >= 0.6 is 0 Å². The molecule has 0 radical (unpaired) electrons. The lowest BCUT2D eigenvalue weighted by Crippen LogP contribution is -2.22. The number of carboxylic acid groups (broad SMARTS) is 1. The Hall–Kier alpha value is -3.22. The Balaban J connectivity index is 1.49. The molecule has 2 N–H and O–H groups in total. The standard InChI is InChI=1S/C21H23NO6/c23-20(24)3-1-10-26-17-7-4-15(5-8-17)14-22-21(25)16-6-9-18-19(13-16)28-12-2-11-27-18/h4-9,13H,1-3,10-12,14H2,(H,22,25)(H,23,24). The molecule has 0 atom stereocenters. The summed E-state index contributed by atoms with van der Waals surface area (Å²) in [5.41, 5.74) is 1.45. The van der Waals surface area contributed by atoms with Crippen molar-refractivity contribution in [1.82, 2.24) is 5.32 Å². The Morgan fingerprint density at radius 3 is 2.54 bits per heavy atom. The lowest BCUT2D eigenvalue weighted by Gasteiger charge is -2.10. The summed E-state index contributed by atoms with van der Waals surface area (Å²) in [6.07, 6.45) is 1.36. The Kier molecular flexibility index (Phi) is 6.73. The maximum Gasteiger partial charge on any atom is 0.303 e. The van der Waals surface area contributed by atoms with E-state index in [0.29, 0.717) is 55.6 Å². The molecular weight excluding hydrogens is 362 g/mol. The van der Waals surface area contributed by atoms with Gasteiger partial charge in [-0.25, -0.2) is 0 Å².